The highest BCUT2D eigenvalue weighted by Crippen LogP contribution is 2.37. The number of aromatic nitrogens is 1. The zero-order valence-corrected chi connectivity index (χ0v) is 20.3. The molecule has 0 saturated carbocycles. The summed E-state index contributed by atoms with van der Waals surface area (Å²) in [4.78, 5) is 56.8. The number of nitrogens with zero attached hydrogens (tertiary/aromatic N) is 3. The van der Waals surface area contributed by atoms with Gasteiger partial charge in [0.2, 0.25) is 0 Å². The standard InChI is InChI=1S/C24H26BFN4O7/c1-3-29-7-8-30(23(34)22(29)33)24(35)28-20(19-17(26)11-16(31)12-27-19)18(32)10-15-9-14-6-4-5-13(2)21(14)37-25(15)36/h4-6,11-12,15,20,31,36H,3,7-10H2,1-2H3,(H,28,35)/t15-,20?/m1/s1. The first-order chi connectivity index (χ1) is 17.6. The maximum absolute atomic E-state index is 14.7. The van der Waals surface area contributed by atoms with Gasteiger partial charge in [0.25, 0.3) is 0 Å². The van der Waals surface area contributed by atoms with Gasteiger partial charge in [0.1, 0.15) is 23.2 Å². The number of rotatable bonds is 6. The van der Waals surface area contributed by atoms with Crippen LogP contribution < -0.4 is 9.97 Å². The number of imide groups is 1. The number of aryl methyl sites for hydroxylation is 1. The highest BCUT2D eigenvalue weighted by atomic mass is 19.1. The van der Waals surface area contributed by atoms with Gasteiger partial charge in [-0.15, -0.1) is 0 Å². The molecule has 1 fully saturated rings. The summed E-state index contributed by atoms with van der Waals surface area (Å²) < 4.78 is 20.4. The molecule has 1 saturated heterocycles. The van der Waals surface area contributed by atoms with E-state index < -0.39 is 59.9 Å². The molecule has 13 heteroatoms. The number of nitrogens with one attached hydrogen (secondary N) is 1. The number of likely N-dealkylation sites (N-methyl/N-ethyl adjacent to an activating group) is 1. The van der Waals surface area contributed by atoms with Crippen LogP contribution >= 0.6 is 0 Å². The Hall–Kier alpha value is -4.00. The highest BCUT2D eigenvalue weighted by Gasteiger charge is 2.41. The van der Waals surface area contributed by atoms with E-state index in [-0.39, 0.29) is 26.1 Å². The number of amides is 4. The van der Waals surface area contributed by atoms with Gasteiger partial charge in [-0.05, 0) is 31.4 Å². The molecule has 0 bridgehead atoms. The Morgan fingerprint density at radius 2 is 2.05 bits per heavy atom. The second-order valence-corrected chi connectivity index (χ2v) is 8.99. The first-order valence-electron chi connectivity index (χ1n) is 11.8. The van der Waals surface area contributed by atoms with E-state index in [9.17, 15) is 33.7 Å². The Morgan fingerprint density at radius 3 is 2.76 bits per heavy atom. The summed E-state index contributed by atoms with van der Waals surface area (Å²) in [5.74, 6) is -4.37. The van der Waals surface area contributed by atoms with Gasteiger partial charge in [0.15, 0.2) is 11.6 Å². The molecule has 2 aromatic rings. The second kappa shape index (κ2) is 10.5. The largest absolute Gasteiger partial charge is 0.536 e. The van der Waals surface area contributed by atoms with Crippen molar-refractivity contribution >= 4 is 30.7 Å². The van der Waals surface area contributed by atoms with E-state index in [0.717, 1.165) is 23.4 Å². The molecule has 1 aromatic heterocycles. The SMILES string of the molecule is CCN1CCN(C(=O)NC(C(=O)C[C@H]2Cc3cccc(C)c3OB2O)c2ncc(O)cc2F)C(=O)C1=O. The molecule has 1 unspecified atom stereocenters. The van der Waals surface area contributed by atoms with Crippen molar-refractivity contribution in [2.45, 2.75) is 38.5 Å². The van der Waals surface area contributed by atoms with Gasteiger partial charge in [-0.3, -0.25) is 24.3 Å². The third-order valence-electron chi connectivity index (χ3n) is 6.53. The minimum absolute atomic E-state index is 0.109. The fraction of sp³-hybridized carbons (Fsp3) is 0.375. The average Bonchev–Trinajstić information content (AvgIpc) is 2.85. The number of Topliss-reactive ketones (excluding diaryl/α,β-unsaturated/α-hetero) is 1. The number of carbonyl (C=O) groups is 4. The Kier molecular flexibility index (Phi) is 7.44. The summed E-state index contributed by atoms with van der Waals surface area (Å²) in [7, 11) is -1.33. The van der Waals surface area contributed by atoms with Gasteiger partial charge in [0, 0.05) is 37.9 Å². The van der Waals surface area contributed by atoms with Gasteiger partial charge in [-0.1, -0.05) is 18.2 Å². The quantitative estimate of drug-likeness (QED) is 0.385. The lowest BCUT2D eigenvalue weighted by molar-refractivity contribution is -0.153. The summed E-state index contributed by atoms with van der Waals surface area (Å²) in [5.41, 5.74) is 1.13. The Bertz CT molecular complexity index is 1260. The number of hydrogen-bond acceptors (Lipinski definition) is 8. The van der Waals surface area contributed by atoms with Gasteiger partial charge >= 0.3 is 25.0 Å². The molecule has 37 heavy (non-hydrogen) atoms. The smallest absolute Gasteiger partial charge is 0.526 e. The van der Waals surface area contributed by atoms with E-state index in [2.05, 4.69) is 10.3 Å². The predicted molar refractivity (Wildman–Crippen MR) is 128 cm³/mol. The molecular formula is C24H26BFN4O7. The molecule has 2 aliphatic heterocycles. The maximum Gasteiger partial charge on any atom is 0.526 e. The second-order valence-electron chi connectivity index (χ2n) is 8.99. The Balaban J connectivity index is 1.57. The average molecular weight is 512 g/mol. The molecule has 194 valence electrons. The molecule has 0 aliphatic carbocycles. The lowest BCUT2D eigenvalue weighted by Gasteiger charge is -2.33. The van der Waals surface area contributed by atoms with Crippen LogP contribution in [0.25, 0.3) is 0 Å². The van der Waals surface area contributed by atoms with Crippen molar-refractivity contribution in [2.24, 2.45) is 0 Å². The van der Waals surface area contributed by atoms with Crippen LogP contribution in [-0.2, 0) is 20.8 Å². The van der Waals surface area contributed by atoms with Gasteiger partial charge in [-0.2, -0.15) is 0 Å². The van der Waals surface area contributed by atoms with Crippen molar-refractivity contribution in [3.05, 3.63) is 53.1 Å². The van der Waals surface area contributed by atoms with E-state index in [1.807, 2.05) is 25.1 Å². The van der Waals surface area contributed by atoms with Crippen LogP contribution in [0.15, 0.2) is 30.5 Å². The van der Waals surface area contributed by atoms with Crippen molar-refractivity contribution in [3.8, 4) is 11.5 Å². The molecule has 4 rings (SSSR count). The number of urea groups is 1. The van der Waals surface area contributed by atoms with Crippen LogP contribution in [0.4, 0.5) is 9.18 Å². The van der Waals surface area contributed by atoms with Crippen molar-refractivity contribution in [2.75, 3.05) is 19.6 Å². The summed E-state index contributed by atoms with van der Waals surface area (Å²) >= 11 is 0. The summed E-state index contributed by atoms with van der Waals surface area (Å²) in [5, 5.41) is 22.4. The normalized spacial score (nSPS) is 18.3. The van der Waals surface area contributed by atoms with Crippen LogP contribution in [-0.4, -0.2) is 75.3 Å². The zero-order chi connectivity index (χ0) is 26.9. The Labute approximate surface area is 212 Å². The van der Waals surface area contributed by atoms with Crippen LogP contribution in [0.5, 0.6) is 11.5 Å². The molecule has 11 nitrogen and oxygen atoms in total. The lowest BCUT2D eigenvalue weighted by Crippen LogP contribution is -2.58. The monoisotopic (exact) mass is 512 g/mol. The molecule has 0 spiro atoms. The molecule has 1 aromatic carbocycles. The van der Waals surface area contributed by atoms with Crippen LogP contribution in [0.3, 0.4) is 0 Å². The van der Waals surface area contributed by atoms with E-state index in [4.69, 9.17) is 4.65 Å². The highest BCUT2D eigenvalue weighted by molar-refractivity contribution is 6.46. The fourth-order valence-electron chi connectivity index (χ4n) is 4.52. The molecule has 3 heterocycles. The number of hydrogen-bond donors (Lipinski definition) is 3. The number of aromatic hydroxyl groups is 1. The van der Waals surface area contributed by atoms with E-state index in [0.29, 0.717) is 17.1 Å². The predicted octanol–water partition coefficient (Wildman–Crippen LogP) is 1.12. The lowest BCUT2D eigenvalue weighted by atomic mass is 9.64. The topological polar surface area (TPSA) is 149 Å². The van der Waals surface area contributed by atoms with Crippen LogP contribution in [0.1, 0.15) is 36.2 Å². The summed E-state index contributed by atoms with van der Waals surface area (Å²) in [6.45, 7) is 3.82. The number of benzene rings is 1. The number of pyridine rings is 1. The molecule has 2 aliphatic rings. The van der Waals surface area contributed by atoms with Crippen molar-refractivity contribution in [3.63, 3.8) is 0 Å². The molecule has 0 radical (unpaired) electrons. The zero-order valence-electron chi connectivity index (χ0n) is 20.3. The number of para-hydroxylation sites is 1. The minimum Gasteiger partial charge on any atom is -0.536 e. The van der Waals surface area contributed by atoms with Crippen molar-refractivity contribution in [1.82, 2.24) is 20.1 Å². The third-order valence-corrected chi connectivity index (χ3v) is 6.53. The number of ketones is 1. The summed E-state index contributed by atoms with van der Waals surface area (Å²) in [6.07, 6.45) is 0.886. The maximum atomic E-state index is 14.7. The van der Waals surface area contributed by atoms with Crippen LogP contribution in [0, 0.1) is 12.7 Å². The fourth-order valence-corrected chi connectivity index (χ4v) is 4.52. The van der Waals surface area contributed by atoms with Gasteiger partial charge < -0.3 is 25.0 Å². The van der Waals surface area contributed by atoms with Crippen LogP contribution in [0.2, 0.25) is 5.82 Å². The van der Waals surface area contributed by atoms with Gasteiger partial charge in [0.05, 0.1) is 6.20 Å². The number of carbonyl (C=O) groups excluding carboxylic acids is 4. The molecule has 3 N–H and O–H groups in total. The summed E-state index contributed by atoms with van der Waals surface area (Å²) in [6, 6.07) is 3.47. The number of fused-ring (bicyclic) bond motifs is 1. The Morgan fingerprint density at radius 1 is 1.30 bits per heavy atom. The third kappa shape index (κ3) is 5.26. The van der Waals surface area contributed by atoms with Crippen molar-refractivity contribution in [1.29, 1.82) is 0 Å². The number of piperazine rings is 1. The first kappa shape index (κ1) is 26.1. The van der Waals surface area contributed by atoms with Crippen molar-refractivity contribution < 1.29 is 38.4 Å². The molecule has 2 atom stereocenters. The molecule has 4 amide bonds. The van der Waals surface area contributed by atoms with E-state index in [1.165, 1.54) is 4.90 Å². The van der Waals surface area contributed by atoms with Gasteiger partial charge in [-0.25, -0.2) is 9.18 Å². The minimum atomic E-state index is -1.66. The first-order valence-corrected chi connectivity index (χ1v) is 11.8. The van der Waals surface area contributed by atoms with E-state index in [1.54, 1.807) is 6.92 Å². The molecular weight excluding hydrogens is 486 g/mol. The number of halogens is 1. The van der Waals surface area contributed by atoms with E-state index >= 15 is 0 Å².